The van der Waals surface area contributed by atoms with Crippen molar-refractivity contribution in [1.82, 2.24) is 5.32 Å². The summed E-state index contributed by atoms with van der Waals surface area (Å²) in [4.78, 5) is 11.4. The Morgan fingerprint density at radius 3 is 2.50 bits per heavy atom. The molecule has 1 heterocycles. The van der Waals surface area contributed by atoms with Crippen molar-refractivity contribution in [3.8, 4) is 0 Å². The molecule has 0 aromatic carbocycles. The van der Waals surface area contributed by atoms with Gasteiger partial charge in [-0.25, -0.2) is 4.39 Å². The highest BCUT2D eigenvalue weighted by Crippen LogP contribution is 2.16. The first-order chi connectivity index (χ1) is 6.31. The van der Waals surface area contributed by atoms with E-state index in [2.05, 4.69) is 5.32 Å². The number of aliphatic hydroxyl groups excluding tert-OH is 1. The summed E-state index contributed by atoms with van der Waals surface area (Å²) < 4.78 is 18.2. The number of ether oxygens (including phenoxy) is 1. The van der Waals surface area contributed by atoms with Gasteiger partial charge in [-0.3, -0.25) is 10.1 Å². The van der Waals surface area contributed by atoms with E-state index in [4.69, 9.17) is 9.84 Å². The lowest BCUT2D eigenvalue weighted by molar-refractivity contribution is -0.158. The lowest BCUT2D eigenvalue weighted by atomic mass is 10.1. The third kappa shape index (κ3) is 2.65. The molecule has 2 N–H and O–H groups in total. The number of esters is 1. The van der Waals surface area contributed by atoms with E-state index in [-0.39, 0.29) is 6.54 Å². The number of nitrogens with one attached hydrogen (secondary N) is 1. The predicted octanol–water partition coefficient (Wildman–Crippen LogP) is -0.00110. The standard InChI is InChI=1S/C9H16FNO3/c1-9(2,3)14-8(13)7-6(10)5(12)4-11-7/h5-7,11-12H,4H2,1-3H3/t5-,6+,7-/m0/s1. The van der Waals surface area contributed by atoms with Crippen LogP contribution in [0.15, 0.2) is 0 Å². The first kappa shape index (κ1) is 11.4. The van der Waals surface area contributed by atoms with Crippen LogP contribution in [0.25, 0.3) is 0 Å². The number of alkyl halides is 1. The average Bonchev–Trinajstić information content (AvgIpc) is 2.29. The molecule has 14 heavy (non-hydrogen) atoms. The zero-order valence-corrected chi connectivity index (χ0v) is 8.58. The van der Waals surface area contributed by atoms with Gasteiger partial charge in [0.1, 0.15) is 11.6 Å². The Hall–Kier alpha value is -0.680. The highest BCUT2D eigenvalue weighted by Gasteiger charge is 2.41. The quantitative estimate of drug-likeness (QED) is 0.591. The zero-order chi connectivity index (χ0) is 10.9. The minimum atomic E-state index is -1.58. The van der Waals surface area contributed by atoms with E-state index in [0.717, 1.165) is 0 Å². The fourth-order valence-electron chi connectivity index (χ4n) is 1.27. The molecular formula is C9H16FNO3. The maximum atomic E-state index is 13.2. The van der Waals surface area contributed by atoms with Crippen molar-refractivity contribution in [2.24, 2.45) is 0 Å². The molecule has 0 spiro atoms. The van der Waals surface area contributed by atoms with Crippen LogP contribution in [0.1, 0.15) is 20.8 Å². The third-order valence-electron chi connectivity index (χ3n) is 1.89. The second-order valence-electron chi connectivity index (χ2n) is 4.43. The molecule has 3 atom stereocenters. The van der Waals surface area contributed by atoms with Gasteiger partial charge in [-0.15, -0.1) is 0 Å². The van der Waals surface area contributed by atoms with Crippen molar-refractivity contribution < 1.29 is 19.0 Å². The first-order valence-corrected chi connectivity index (χ1v) is 4.59. The molecule has 0 unspecified atom stereocenters. The Morgan fingerprint density at radius 2 is 2.14 bits per heavy atom. The van der Waals surface area contributed by atoms with Crippen molar-refractivity contribution >= 4 is 5.97 Å². The first-order valence-electron chi connectivity index (χ1n) is 4.59. The summed E-state index contributed by atoms with van der Waals surface area (Å²) in [6, 6.07) is -1.04. The maximum Gasteiger partial charge on any atom is 0.326 e. The molecule has 4 nitrogen and oxygen atoms in total. The van der Waals surface area contributed by atoms with Crippen LogP contribution in [0, 0.1) is 0 Å². The van der Waals surface area contributed by atoms with Gasteiger partial charge in [0.05, 0.1) is 6.10 Å². The fourth-order valence-corrected chi connectivity index (χ4v) is 1.27. The molecule has 1 saturated heterocycles. The zero-order valence-electron chi connectivity index (χ0n) is 8.58. The van der Waals surface area contributed by atoms with Gasteiger partial charge >= 0.3 is 5.97 Å². The minimum absolute atomic E-state index is 0.0884. The molecule has 1 aliphatic rings. The van der Waals surface area contributed by atoms with Gasteiger partial charge in [0.2, 0.25) is 0 Å². The molecule has 82 valence electrons. The van der Waals surface area contributed by atoms with Crippen LogP contribution >= 0.6 is 0 Å². The van der Waals surface area contributed by atoms with Crippen LogP contribution in [0.4, 0.5) is 4.39 Å². The highest BCUT2D eigenvalue weighted by atomic mass is 19.1. The Morgan fingerprint density at radius 1 is 1.57 bits per heavy atom. The van der Waals surface area contributed by atoms with Crippen LogP contribution in [0.2, 0.25) is 0 Å². The van der Waals surface area contributed by atoms with E-state index < -0.39 is 29.9 Å². The van der Waals surface area contributed by atoms with Gasteiger partial charge in [-0.05, 0) is 20.8 Å². The molecule has 0 aliphatic carbocycles. The van der Waals surface area contributed by atoms with E-state index in [1.165, 1.54) is 0 Å². The normalized spacial score (nSPS) is 33.1. The Balaban J connectivity index is 2.54. The van der Waals surface area contributed by atoms with Gasteiger partial charge in [0.15, 0.2) is 6.17 Å². The van der Waals surface area contributed by atoms with Crippen molar-refractivity contribution in [3.05, 3.63) is 0 Å². The predicted molar refractivity (Wildman–Crippen MR) is 48.5 cm³/mol. The molecule has 0 saturated carbocycles. The van der Waals surface area contributed by atoms with Gasteiger partial charge in [-0.1, -0.05) is 0 Å². The van der Waals surface area contributed by atoms with Crippen molar-refractivity contribution in [3.63, 3.8) is 0 Å². The van der Waals surface area contributed by atoms with Crippen LogP contribution in [0.5, 0.6) is 0 Å². The van der Waals surface area contributed by atoms with Crippen molar-refractivity contribution in [2.45, 2.75) is 44.7 Å². The molecule has 0 aromatic heterocycles. The summed E-state index contributed by atoms with van der Waals surface area (Å²) in [6.45, 7) is 5.22. The smallest absolute Gasteiger partial charge is 0.326 e. The number of hydrogen-bond donors (Lipinski definition) is 2. The Labute approximate surface area is 82.4 Å². The lowest BCUT2D eigenvalue weighted by Gasteiger charge is -2.22. The number of aliphatic hydroxyl groups is 1. The van der Waals surface area contributed by atoms with E-state index in [0.29, 0.717) is 0 Å². The largest absolute Gasteiger partial charge is 0.459 e. The highest BCUT2D eigenvalue weighted by molar-refractivity contribution is 5.77. The van der Waals surface area contributed by atoms with E-state index in [1.807, 2.05) is 0 Å². The van der Waals surface area contributed by atoms with Gasteiger partial charge in [0, 0.05) is 6.54 Å². The van der Waals surface area contributed by atoms with Crippen molar-refractivity contribution in [1.29, 1.82) is 0 Å². The van der Waals surface area contributed by atoms with E-state index in [1.54, 1.807) is 20.8 Å². The van der Waals surface area contributed by atoms with Crippen LogP contribution < -0.4 is 5.32 Å². The number of carbonyl (C=O) groups excluding carboxylic acids is 1. The summed E-state index contributed by atoms with van der Waals surface area (Å²) in [5.74, 6) is -0.651. The third-order valence-corrected chi connectivity index (χ3v) is 1.89. The second kappa shape index (κ2) is 3.82. The molecule has 0 amide bonds. The molecule has 0 bridgehead atoms. The second-order valence-corrected chi connectivity index (χ2v) is 4.43. The monoisotopic (exact) mass is 205 g/mol. The average molecular weight is 205 g/mol. The van der Waals surface area contributed by atoms with E-state index >= 15 is 0 Å². The Kier molecular flexibility index (Phi) is 3.11. The minimum Gasteiger partial charge on any atom is -0.459 e. The molecule has 0 aromatic rings. The SMILES string of the molecule is CC(C)(C)OC(=O)[C@H]1NC[C@H](O)[C@H]1F. The van der Waals surface area contributed by atoms with E-state index in [9.17, 15) is 9.18 Å². The topological polar surface area (TPSA) is 58.6 Å². The van der Waals surface area contributed by atoms with Gasteiger partial charge in [-0.2, -0.15) is 0 Å². The molecule has 1 aliphatic heterocycles. The number of rotatable bonds is 1. The number of carbonyl (C=O) groups is 1. The summed E-state index contributed by atoms with van der Waals surface area (Å²) in [7, 11) is 0. The molecular weight excluding hydrogens is 189 g/mol. The molecule has 5 heteroatoms. The number of β-amino-alcohol motifs (C(OH)–C–C–N with tert-alkyl or cyclic N) is 1. The molecule has 1 rings (SSSR count). The number of halogens is 1. The lowest BCUT2D eigenvalue weighted by Crippen LogP contribution is -2.42. The van der Waals surface area contributed by atoms with Crippen molar-refractivity contribution in [2.75, 3.05) is 6.54 Å². The number of hydrogen-bond acceptors (Lipinski definition) is 4. The maximum absolute atomic E-state index is 13.2. The summed E-state index contributed by atoms with van der Waals surface area (Å²) in [5.41, 5.74) is -0.633. The molecule has 1 fully saturated rings. The Bertz CT molecular complexity index is 227. The van der Waals surface area contributed by atoms with Gasteiger partial charge < -0.3 is 9.84 Å². The van der Waals surface area contributed by atoms with Crippen LogP contribution in [0.3, 0.4) is 0 Å². The molecule has 0 radical (unpaired) electrons. The van der Waals surface area contributed by atoms with Crippen LogP contribution in [-0.4, -0.2) is 41.5 Å². The van der Waals surface area contributed by atoms with Gasteiger partial charge in [0.25, 0.3) is 0 Å². The van der Waals surface area contributed by atoms with Crippen LogP contribution in [-0.2, 0) is 9.53 Å². The summed E-state index contributed by atoms with van der Waals surface area (Å²) >= 11 is 0. The fraction of sp³-hybridized carbons (Fsp3) is 0.889. The summed E-state index contributed by atoms with van der Waals surface area (Å²) in [5, 5.41) is 11.6. The summed E-state index contributed by atoms with van der Waals surface area (Å²) in [6.07, 6.45) is -2.70.